The van der Waals surface area contributed by atoms with E-state index < -0.39 is 5.97 Å². The molecule has 0 spiro atoms. The summed E-state index contributed by atoms with van der Waals surface area (Å²) in [6.07, 6.45) is 12.2. The van der Waals surface area contributed by atoms with Crippen molar-refractivity contribution in [3.63, 3.8) is 0 Å². The summed E-state index contributed by atoms with van der Waals surface area (Å²) in [4.78, 5) is 16.4. The molecule has 0 aromatic rings. The van der Waals surface area contributed by atoms with Gasteiger partial charge in [0.25, 0.3) is 0 Å². The van der Waals surface area contributed by atoms with Crippen molar-refractivity contribution in [3.8, 4) is 0 Å². The van der Waals surface area contributed by atoms with Gasteiger partial charge in [-0.1, -0.05) is 12.2 Å². The molecule has 0 bridgehead atoms. The average molecular weight is 188 g/mol. The van der Waals surface area contributed by atoms with Crippen molar-refractivity contribution >= 4 is 11.7 Å². The number of hydrogen-bond acceptors (Lipinski definition) is 3. The summed E-state index contributed by atoms with van der Waals surface area (Å²) in [6.45, 7) is 0. The molecule has 70 valence electrons. The summed E-state index contributed by atoms with van der Waals surface area (Å²) >= 11 is 0. The van der Waals surface area contributed by atoms with E-state index in [0.717, 1.165) is 0 Å². The lowest BCUT2D eigenvalue weighted by Crippen LogP contribution is -2.19. The first-order valence-corrected chi connectivity index (χ1v) is 4.11. The zero-order valence-electron chi connectivity index (χ0n) is 7.29. The highest BCUT2D eigenvalue weighted by molar-refractivity contribution is 6.40. The number of nitrogens with zero attached hydrogens (tertiary/aromatic N) is 2. The van der Waals surface area contributed by atoms with Crippen molar-refractivity contribution in [1.29, 1.82) is 0 Å². The van der Waals surface area contributed by atoms with E-state index in [9.17, 15) is 4.79 Å². The van der Waals surface area contributed by atoms with Crippen LogP contribution in [0.3, 0.4) is 0 Å². The van der Waals surface area contributed by atoms with Crippen LogP contribution >= 0.6 is 0 Å². The Hall–Kier alpha value is -2.10. The van der Waals surface area contributed by atoms with Crippen LogP contribution in [0, 0.1) is 0 Å². The summed E-state index contributed by atoms with van der Waals surface area (Å²) in [5, 5.41) is 8.74. The monoisotopic (exact) mass is 188 g/mol. The number of aliphatic carboxylic acids is 1. The van der Waals surface area contributed by atoms with E-state index in [0.29, 0.717) is 5.82 Å². The Morgan fingerprint density at radius 3 is 2.93 bits per heavy atom. The molecule has 0 aliphatic carbocycles. The fourth-order valence-corrected chi connectivity index (χ4v) is 1.16. The van der Waals surface area contributed by atoms with Crippen molar-refractivity contribution in [2.45, 2.75) is 0 Å². The Kier molecular flexibility index (Phi) is 2.02. The van der Waals surface area contributed by atoms with Crippen LogP contribution in [0.25, 0.3) is 0 Å². The normalized spacial score (nSPS) is 18.4. The SMILES string of the molecule is O=C(O)C1=NC2=CC=CC=CN2C=C1. The Balaban J connectivity index is 2.37. The Morgan fingerprint density at radius 1 is 1.29 bits per heavy atom. The first kappa shape index (κ1) is 8.50. The van der Waals surface area contributed by atoms with Crippen molar-refractivity contribution in [2.24, 2.45) is 4.99 Å². The van der Waals surface area contributed by atoms with Crippen molar-refractivity contribution < 1.29 is 9.90 Å². The number of rotatable bonds is 1. The molecular formula is C10H8N2O2. The highest BCUT2D eigenvalue weighted by Gasteiger charge is 2.14. The van der Waals surface area contributed by atoms with E-state index in [1.807, 2.05) is 24.4 Å². The van der Waals surface area contributed by atoms with Gasteiger partial charge in [-0.15, -0.1) is 0 Å². The van der Waals surface area contributed by atoms with Gasteiger partial charge in [0.1, 0.15) is 5.82 Å². The van der Waals surface area contributed by atoms with Crippen LogP contribution in [0.1, 0.15) is 0 Å². The summed E-state index contributed by atoms with van der Waals surface area (Å²) < 4.78 is 0. The fraction of sp³-hybridized carbons (Fsp3) is 0. The van der Waals surface area contributed by atoms with E-state index in [-0.39, 0.29) is 5.71 Å². The molecule has 0 saturated heterocycles. The van der Waals surface area contributed by atoms with Gasteiger partial charge in [0, 0.05) is 12.4 Å². The molecule has 0 atom stereocenters. The Morgan fingerprint density at radius 2 is 2.14 bits per heavy atom. The minimum atomic E-state index is -1.01. The standard InChI is InChI=1S/C10H8N2O2/c13-10(14)8-5-7-12-6-3-1-2-4-9(12)11-8/h1-7H,(H,13,14). The minimum absolute atomic E-state index is 0.0520. The predicted molar refractivity (Wildman–Crippen MR) is 52.4 cm³/mol. The summed E-state index contributed by atoms with van der Waals surface area (Å²) in [5.74, 6) is -0.408. The molecule has 2 heterocycles. The molecule has 0 unspecified atom stereocenters. The number of hydrogen-bond donors (Lipinski definition) is 1. The number of carboxylic acid groups (broad SMARTS) is 1. The van der Waals surface area contributed by atoms with E-state index in [2.05, 4.69) is 4.99 Å². The highest BCUT2D eigenvalue weighted by atomic mass is 16.4. The Bertz CT molecular complexity index is 414. The summed E-state index contributed by atoms with van der Waals surface area (Å²) in [7, 11) is 0. The van der Waals surface area contributed by atoms with Gasteiger partial charge in [0.05, 0.1) is 0 Å². The van der Waals surface area contributed by atoms with Crippen LogP contribution in [-0.4, -0.2) is 21.7 Å². The molecule has 2 aliphatic heterocycles. The van der Waals surface area contributed by atoms with Gasteiger partial charge in [-0.2, -0.15) is 0 Å². The van der Waals surface area contributed by atoms with Gasteiger partial charge in [-0.3, -0.25) is 0 Å². The molecule has 2 rings (SSSR count). The van der Waals surface area contributed by atoms with Gasteiger partial charge >= 0.3 is 5.97 Å². The lowest BCUT2D eigenvalue weighted by molar-refractivity contribution is -0.129. The zero-order chi connectivity index (χ0) is 9.97. The molecule has 2 aliphatic rings. The third kappa shape index (κ3) is 1.50. The molecule has 14 heavy (non-hydrogen) atoms. The fourth-order valence-electron chi connectivity index (χ4n) is 1.16. The molecule has 0 aromatic carbocycles. The number of carbonyl (C=O) groups is 1. The molecule has 1 N–H and O–H groups in total. The van der Waals surface area contributed by atoms with Crippen LogP contribution in [0.4, 0.5) is 0 Å². The second-order valence-corrected chi connectivity index (χ2v) is 2.78. The predicted octanol–water partition coefficient (Wildman–Crippen LogP) is 1.27. The van der Waals surface area contributed by atoms with Crippen molar-refractivity contribution in [1.82, 2.24) is 4.90 Å². The van der Waals surface area contributed by atoms with Crippen LogP contribution in [0.15, 0.2) is 53.6 Å². The molecule has 0 aromatic heterocycles. The lowest BCUT2D eigenvalue weighted by Gasteiger charge is -2.18. The van der Waals surface area contributed by atoms with E-state index in [1.54, 1.807) is 17.2 Å². The number of fused-ring (bicyclic) bond motifs is 1. The molecule has 0 fully saturated rings. The van der Waals surface area contributed by atoms with Gasteiger partial charge in [0.2, 0.25) is 0 Å². The average Bonchev–Trinajstić information content (AvgIpc) is 2.41. The van der Waals surface area contributed by atoms with Crippen molar-refractivity contribution in [2.75, 3.05) is 0 Å². The van der Waals surface area contributed by atoms with E-state index in [4.69, 9.17) is 5.11 Å². The maximum atomic E-state index is 10.7. The topological polar surface area (TPSA) is 52.9 Å². The van der Waals surface area contributed by atoms with Crippen LogP contribution in [-0.2, 0) is 4.79 Å². The lowest BCUT2D eigenvalue weighted by atomic mass is 10.3. The minimum Gasteiger partial charge on any atom is -0.477 e. The quantitative estimate of drug-likeness (QED) is 0.674. The molecular weight excluding hydrogens is 180 g/mol. The summed E-state index contributed by atoms with van der Waals surface area (Å²) in [5.41, 5.74) is 0.0520. The van der Waals surface area contributed by atoms with E-state index >= 15 is 0 Å². The third-order valence-electron chi connectivity index (χ3n) is 1.83. The number of aliphatic imine (C=N–C) groups is 1. The molecule has 0 saturated carbocycles. The zero-order valence-corrected chi connectivity index (χ0v) is 7.29. The highest BCUT2D eigenvalue weighted by Crippen LogP contribution is 2.15. The van der Waals surface area contributed by atoms with Gasteiger partial charge in [-0.25, -0.2) is 9.79 Å². The number of allylic oxidation sites excluding steroid dienone is 4. The molecule has 0 amide bonds. The van der Waals surface area contributed by atoms with Gasteiger partial charge < -0.3 is 10.0 Å². The Labute approximate surface area is 80.9 Å². The first-order chi connectivity index (χ1) is 6.77. The molecule has 4 nitrogen and oxygen atoms in total. The summed E-state index contributed by atoms with van der Waals surface area (Å²) in [6, 6.07) is 0. The number of carboxylic acids is 1. The smallest absolute Gasteiger partial charge is 0.354 e. The third-order valence-corrected chi connectivity index (χ3v) is 1.83. The molecule has 0 radical (unpaired) electrons. The maximum absolute atomic E-state index is 10.7. The maximum Gasteiger partial charge on any atom is 0.354 e. The van der Waals surface area contributed by atoms with Crippen molar-refractivity contribution in [3.05, 3.63) is 48.6 Å². The van der Waals surface area contributed by atoms with Crippen LogP contribution in [0.2, 0.25) is 0 Å². The van der Waals surface area contributed by atoms with Gasteiger partial charge in [0.15, 0.2) is 5.71 Å². The second kappa shape index (κ2) is 3.33. The van der Waals surface area contributed by atoms with Crippen LogP contribution < -0.4 is 0 Å². The second-order valence-electron chi connectivity index (χ2n) is 2.78. The van der Waals surface area contributed by atoms with Crippen LogP contribution in [0.5, 0.6) is 0 Å². The first-order valence-electron chi connectivity index (χ1n) is 4.11. The van der Waals surface area contributed by atoms with E-state index in [1.165, 1.54) is 6.08 Å². The van der Waals surface area contributed by atoms with Gasteiger partial charge in [-0.05, 0) is 18.2 Å². The molecule has 4 heteroatoms. The largest absolute Gasteiger partial charge is 0.477 e.